The van der Waals surface area contributed by atoms with Crippen LogP contribution in [0.15, 0.2) is 89.9 Å². The zero-order chi connectivity index (χ0) is 38.1. The molecule has 1 radical (unpaired) electrons. The van der Waals surface area contributed by atoms with Gasteiger partial charge in [-0.1, -0.05) is 54.6 Å². The van der Waals surface area contributed by atoms with Gasteiger partial charge in [-0.25, -0.2) is 4.79 Å². The summed E-state index contributed by atoms with van der Waals surface area (Å²) in [4.78, 5) is 41.6. The molecule has 53 heavy (non-hydrogen) atoms. The minimum Gasteiger partial charge on any atom is -0.497 e. The van der Waals surface area contributed by atoms with E-state index in [9.17, 15) is 19.6 Å². The average molecular weight is 723 g/mol. The molecule has 0 aliphatic carbocycles. The molecule has 13 heteroatoms. The van der Waals surface area contributed by atoms with Crippen LogP contribution in [0.3, 0.4) is 0 Å². The van der Waals surface area contributed by atoms with Gasteiger partial charge < -0.3 is 34.3 Å². The van der Waals surface area contributed by atoms with Crippen LogP contribution in [0, 0.1) is 37.0 Å². The van der Waals surface area contributed by atoms with Crippen molar-refractivity contribution >= 4 is 17.6 Å². The highest BCUT2D eigenvalue weighted by Gasteiger charge is 2.51. The van der Waals surface area contributed by atoms with E-state index in [1.54, 1.807) is 21.1 Å². The van der Waals surface area contributed by atoms with Crippen molar-refractivity contribution in [1.82, 2.24) is 14.9 Å². The monoisotopic (exact) mass is 722 g/mol. The second kappa shape index (κ2) is 17.3. The number of benzene rings is 3. The second-order valence-electron chi connectivity index (χ2n) is 12.6. The van der Waals surface area contributed by atoms with E-state index in [0.29, 0.717) is 17.1 Å². The molecule has 1 aromatic heterocycles. The lowest BCUT2D eigenvalue weighted by atomic mass is 9.79. The number of methoxy groups -OCH3 is 2. The summed E-state index contributed by atoms with van der Waals surface area (Å²) in [6, 6.07) is 27.1. The topological polar surface area (TPSA) is 163 Å². The second-order valence-corrected chi connectivity index (χ2v) is 12.6. The summed E-state index contributed by atoms with van der Waals surface area (Å²) >= 11 is 0. The van der Waals surface area contributed by atoms with Gasteiger partial charge in [-0.3, -0.25) is 14.2 Å². The smallest absolute Gasteiger partial charge is 0.351 e. The van der Waals surface area contributed by atoms with Crippen molar-refractivity contribution in [3.8, 4) is 17.6 Å². The molecule has 1 aliphatic heterocycles. The van der Waals surface area contributed by atoms with E-state index >= 15 is 0 Å². The average Bonchev–Trinajstić information content (AvgIpc) is 3.54. The van der Waals surface area contributed by atoms with Crippen LogP contribution in [0.4, 0.5) is 5.82 Å². The molecule has 0 spiro atoms. The fourth-order valence-electron chi connectivity index (χ4n) is 6.63. The minimum atomic E-state index is -1.21. The first-order chi connectivity index (χ1) is 25.6. The maximum atomic E-state index is 13.5. The molecule has 1 aliphatic rings. The van der Waals surface area contributed by atoms with Crippen molar-refractivity contribution < 1.29 is 33.3 Å². The molecule has 2 heterocycles. The molecule has 2 amide bonds. The van der Waals surface area contributed by atoms with E-state index in [-0.39, 0.29) is 37.3 Å². The number of carbonyl (C=O) groups is 2. The van der Waals surface area contributed by atoms with Gasteiger partial charge in [-0.2, -0.15) is 10.2 Å². The standard InChI is InChI=1S/C40H44N5O8/c1-25(22-41)35-33(53-38(36(35)51-21-20-34(47)42-4)45-23-26(2)37(43-27(3)46)44-39(45)48)24-52-40(28-10-8-7-9-11-28,29-12-16-31(49-5)17-13-29)30-14-18-32(50-6)19-15-30/h7-19,23,25,33,35-36,38H,1,20-21,24H2,2-6H3,(H,42,47)(H,43,44,46,48)/t25?,33-,35+,36-,38-/m1/s1. The quantitative estimate of drug-likeness (QED) is 0.167. The Morgan fingerprint density at radius 2 is 1.58 bits per heavy atom. The van der Waals surface area contributed by atoms with Crippen LogP contribution in [0.25, 0.3) is 0 Å². The number of ether oxygens (including phenoxy) is 5. The van der Waals surface area contributed by atoms with Gasteiger partial charge in [0.25, 0.3) is 0 Å². The summed E-state index contributed by atoms with van der Waals surface area (Å²) in [7, 11) is 4.72. The molecule has 3 aromatic carbocycles. The number of aryl methyl sites for hydroxylation is 1. The summed E-state index contributed by atoms with van der Waals surface area (Å²) in [6.45, 7) is 7.05. The highest BCUT2D eigenvalue weighted by Crippen LogP contribution is 2.45. The molecule has 4 aromatic rings. The summed E-state index contributed by atoms with van der Waals surface area (Å²) < 4.78 is 32.3. The zero-order valence-corrected chi connectivity index (χ0v) is 30.4. The zero-order valence-electron chi connectivity index (χ0n) is 30.4. The van der Waals surface area contributed by atoms with E-state index in [0.717, 1.165) is 16.7 Å². The normalized spacial score (nSPS) is 18.8. The Kier molecular flexibility index (Phi) is 12.6. The van der Waals surface area contributed by atoms with Gasteiger partial charge in [0, 0.05) is 38.1 Å². The number of carbonyl (C=O) groups excluding carboxylic acids is 2. The lowest BCUT2D eigenvalue weighted by molar-refractivity contribution is -0.123. The molecular formula is C40H44N5O8. The third-order valence-electron chi connectivity index (χ3n) is 9.29. The highest BCUT2D eigenvalue weighted by molar-refractivity contribution is 5.88. The number of nitriles is 1. The first-order valence-electron chi connectivity index (χ1n) is 17.1. The number of amides is 2. The number of aromatic nitrogens is 2. The van der Waals surface area contributed by atoms with Crippen LogP contribution < -0.4 is 25.8 Å². The highest BCUT2D eigenvalue weighted by atomic mass is 16.6. The summed E-state index contributed by atoms with van der Waals surface area (Å²) in [5.74, 6) is -0.790. The number of anilines is 1. The fraction of sp³-hybridized carbons (Fsp3) is 0.350. The lowest BCUT2D eigenvalue weighted by Crippen LogP contribution is -2.40. The van der Waals surface area contributed by atoms with Crippen molar-refractivity contribution in [1.29, 1.82) is 5.26 Å². The lowest BCUT2D eigenvalue weighted by Gasteiger charge is -2.37. The molecule has 13 nitrogen and oxygen atoms in total. The molecule has 2 N–H and O–H groups in total. The maximum Gasteiger partial charge on any atom is 0.351 e. The number of hydrogen-bond acceptors (Lipinski definition) is 10. The predicted octanol–water partition coefficient (Wildman–Crippen LogP) is 4.54. The Bertz CT molecular complexity index is 1910. The summed E-state index contributed by atoms with van der Waals surface area (Å²) in [5, 5.41) is 15.4. The summed E-state index contributed by atoms with van der Waals surface area (Å²) in [6.07, 6.45) is -1.30. The van der Waals surface area contributed by atoms with Crippen molar-refractivity contribution in [2.75, 3.05) is 39.8 Å². The molecule has 1 fully saturated rings. The van der Waals surface area contributed by atoms with Gasteiger partial charge in [0.1, 0.15) is 29.0 Å². The van der Waals surface area contributed by atoms with Crippen LogP contribution in [-0.4, -0.2) is 68.1 Å². The van der Waals surface area contributed by atoms with E-state index in [4.69, 9.17) is 23.7 Å². The molecule has 0 saturated carbocycles. The van der Waals surface area contributed by atoms with E-state index < -0.39 is 41.6 Å². The number of rotatable bonds is 15. The van der Waals surface area contributed by atoms with Crippen molar-refractivity contribution in [3.63, 3.8) is 0 Å². The van der Waals surface area contributed by atoms with Gasteiger partial charge >= 0.3 is 5.69 Å². The first kappa shape index (κ1) is 38.7. The van der Waals surface area contributed by atoms with Crippen LogP contribution in [0.1, 0.15) is 41.8 Å². The largest absolute Gasteiger partial charge is 0.497 e. The Labute approximate surface area is 308 Å². The summed E-state index contributed by atoms with van der Waals surface area (Å²) in [5.41, 5.74) is 0.968. The molecule has 5 atom stereocenters. The van der Waals surface area contributed by atoms with Gasteiger partial charge in [0.2, 0.25) is 11.8 Å². The Morgan fingerprint density at radius 3 is 2.11 bits per heavy atom. The predicted molar refractivity (Wildman–Crippen MR) is 196 cm³/mol. The Balaban J connectivity index is 1.62. The third-order valence-corrected chi connectivity index (χ3v) is 9.29. The maximum absolute atomic E-state index is 13.5. The van der Waals surface area contributed by atoms with Crippen molar-refractivity contribution in [2.24, 2.45) is 11.8 Å². The minimum absolute atomic E-state index is 0.0246. The van der Waals surface area contributed by atoms with Crippen LogP contribution >= 0.6 is 0 Å². The van der Waals surface area contributed by atoms with E-state index in [2.05, 4.69) is 28.6 Å². The van der Waals surface area contributed by atoms with Crippen LogP contribution in [-0.2, 0) is 29.4 Å². The Hall–Kier alpha value is -5.55. The van der Waals surface area contributed by atoms with Crippen molar-refractivity contribution in [2.45, 2.75) is 44.3 Å². The molecule has 0 bridgehead atoms. The van der Waals surface area contributed by atoms with Gasteiger partial charge in [0.15, 0.2) is 6.23 Å². The van der Waals surface area contributed by atoms with Crippen LogP contribution in [0.2, 0.25) is 0 Å². The van der Waals surface area contributed by atoms with E-state index in [1.165, 1.54) is 24.7 Å². The number of nitrogens with one attached hydrogen (secondary N) is 2. The Morgan fingerprint density at radius 1 is 1.00 bits per heavy atom. The number of hydrogen-bond donors (Lipinski definition) is 2. The third kappa shape index (κ3) is 8.41. The SMILES string of the molecule is [CH2]C(C#N)[C@@H]1[C@@H](OCCC(=O)NC)[C@H](n2cc(C)c(NC(C)=O)nc2=O)O[C@@H]1COC(c1ccccc1)(c1ccc(OC)cc1)c1ccc(OC)cc1. The molecular weight excluding hydrogens is 678 g/mol. The molecule has 277 valence electrons. The van der Waals surface area contributed by atoms with Gasteiger partial charge in [0.05, 0.1) is 45.5 Å². The molecule has 1 saturated heterocycles. The van der Waals surface area contributed by atoms with Gasteiger partial charge in [-0.05, 0) is 54.8 Å². The van der Waals surface area contributed by atoms with Crippen molar-refractivity contribution in [3.05, 3.63) is 125 Å². The van der Waals surface area contributed by atoms with Gasteiger partial charge in [-0.15, -0.1) is 0 Å². The number of nitrogens with zero attached hydrogens (tertiary/aromatic N) is 3. The molecule has 1 unspecified atom stereocenters. The van der Waals surface area contributed by atoms with E-state index in [1.807, 2.05) is 78.9 Å². The van der Waals surface area contributed by atoms with Crippen LogP contribution in [0.5, 0.6) is 11.5 Å². The molecule has 5 rings (SSSR count). The first-order valence-corrected chi connectivity index (χ1v) is 17.1. The fourth-order valence-corrected chi connectivity index (χ4v) is 6.63.